The largest absolute Gasteiger partial charge is 0.481 e. The Morgan fingerprint density at radius 3 is 2.31 bits per heavy atom. The van der Waals surface area contributed by atoms with Crippen molar-refractivity contribution in [3.05, 3.63) is 69.4 Å². The number of hydrogen-bond donors (Lipinski definition) is 1. The fraction of sp³-hybridized carbons (Fsp3) is 0.429. The third-order valence-electron chi connectivity index (χ3n) is 7.82. The van der Waals surface area contributed by atoms with E-state index < -0.39 is 11.4 Å². The molecule has 0 unspecified atom stereocenters. The van der Waals surface area contributed by atoms with Crippen molar-refractivity contribution in [1.82, 2.24) is 5.16 Å². The van der Waals surface area contributed by atoms with Crippen molar-refractivity contribution in [3.8, 4) is 11.3 Å². The van der Waals surface area contributed by atoms with Crippen LogP contribution < -0.4 is 4.90 Å². The number of ether oxygens (including phenoxy) is 1. The summed E-state index contributed by atoms with van der Waals surface area (Å²) >= 11 is 13.0. The van der Waals surface area contributed by atoms with Crippen LogP contribution in [0.3, 0.4) is 0 Å². The molecule has 3 fully saturated rings. The van der Waals surface area contributed by atoms with Crippen LogP contribution in [0.4, 0.5) is 5.69 Å². The van der Waals surface area contributed by atoms with Crippen LogP contribution in [0.2, 0.25) is 10.0 Å². The summed E-state index contributed by atoms with van der Waals surface area (Å²) in [4.78, 5) is 13.9. The van der Waals surface area contributed by atoms with Crippen LogP contribution in [-0.2, 0) is 21.6 Å². The SMILES string of the molecule is O=C(O)C1(c2ccc(N3CCC(OCc4c(-c5c(Cl)cccc5Cl)noc4C4CC4)CC3)cc2)CC1. The summed E-state index contributed by atoms with van der Waals surface area (Å²) in [6.07, 6.45) is 5.61. The van der Waals surface area contributed by atoms with Gasteiger partial charge in [-0.15, -0.1) is 0 Å². The van der Waals surface area contributed by atoms with Gasteiger partial charge in [-0.2, -0.15) is 0 Å². The normalized spacial score (nSPS) is 19.4. The van der Waals surface area contributed by atoms with Gasteiger partial charge in [-0.3, -0.25) is 4.79 Å². The highest BCUT2D eigenvalue weighted by Gasteiger charge is 2.51. The van der Waals surface area contributed by atoms with Crippen LogP contribution in [0, 0.1) is 0 Å². The molecule has 0 spiro atoms. The van der Waals surface area contributed by atoms with E-state index in [1.807, 2.05) is 30.3 Å². The third-order valence-corrected chi connectivity index (χ3v) is 8.45. The molecule has 1 N–H and O–H groups in total. The van der Waals surface area contributed by atoms with Crippen LogP contribution in [0.5, 0.6) is 0 Å². The molecule has 2 saturated carbocycles. The molecule has 2 aromatic carbocycles. The highest BCUT2D eigenvalue weighted by atomic mass is 35.5. The minimum absolute atomic E-state index is 0.138. The van der Waals surface area contributed by atoms with E-state index in [-0.39, 0.29) is 6.10 Å². The quantitative estimate of drug-likeness (QED) is 0.346. The molecule has 188 valence electrons. The Hall–Kier alpha value is -2.54. The van der Waals surface area contributed by atoms with Crippen molar-refractivity contribution in [2.75, 3.05) is 18.0 Å². The average molecular weight is 527 g/mol. The van der Waals surface area contributed by atoms with Crippen LogP contribution in [-0.4, -0.2) is 35.4 Å². The van der Waals surface area contributed by atoms with E-state index in [2.05, 4.69) is 22.2 Å². The molecule has 6 nitrogen and oxygen atoms in total. The van der Waals surface area contributed by atoms with Gasteiger partial charge >= 0.3 is 5.97 Å². The first-order valence-corrected chi connectivity index (χ1v) is 13.4. The maximum absolute atomic E-state index is 11.6. The first-order valence-electron chi connectivity index (χ1n) is 12.6. The maximum atomic E-state index is 11.6. The molecule has 36 heavy (non-hydrogen) atoms. The Labute approximate surface area is 220 Å². The average Bonchev–Trinajstić information content (AvgIpc) is 3.81. The van der Waals surface area contributed by atoms with E-state index in [0.717, 1.165) is 74.2 Å². The number of carbonyl (C=O) groups is 1. The Morgan fingerprint density at radius 2 is 1.72 bits per heavy atom. The maximum Gasteiger partial charge on any atom is 0.314 e. The molecule has 0 amide bonds. The topological polar surface area (TPSA) is 75.8 Å². The van der Waals surface area contributed by atoms with Crippen LogP contribution in [0.25, 0.3) is 11.3 Å². The fourth-order valence-electron chi connectivity index (χ4n) is 5.27. The molecular weight excluding hydrogens is 499 g/mol. The molecule has 3 aliphatic rings. The van der Waals surface area contributed by atoms with E-state index in [4.69, 9.17) is 32.5 Å². The van der Waals surface area contributed by atoms with Gasteiger partial charge in [0.05, 0.1) is 28.2 Å². The number of halogens is 2. The van der Waals surface area contributed by atoms with Crippen molar-refractivity contribution < 1.29 is 19.2 Å². The van der Waals surface area contributed by atoms with Crippen LogP contribution in [0.1, 0.15) is 61.3 Å². The lowest BCUT2D eigenvalue weighted by Gasteiger charge is -2.33. The van der Waals surface area contributed by atoms with Crippen LogP contribution >= 0.6 is 23.2 Å². The second-order valence-electron chi connectivity index (χ2n) is 10.2. The summed E-state index contributed by atoms with van der Waals surface area (Å²) in [5.74, 6) is 0.575. The Morgan fingerprint density at radius 1 is 1.06 bits per heavy atom. The highest BCUT2D eigenvalue weighted by Crippen LogP contribution is 2.49. The lowest BCUT2D eigenvalue weighted by Crippen LogP contribution is -2.37. The molecule has 0 bridgehead atoms. The van der Waals surface area contributed by atoms with Crippen LogP contribution in [0.15, 0.2) is 47.0 Å². The number of carboxylic acids is 1. The number of nitrogens with zero attached hydrogens (tertiary/aromatic N) is 2. The monoisotopic (exact) mass is 526 g/mol. The molecule has 2 heterocycles. The zero-order chi connectivity index (χ0) is 24.9. The molecule has 8 heteroatoms. The Balaban J connectivity index is 1.11. The minimum atomic E-state index is -0.717. The fourth-order valence-corrected chi connectivity index (χ4v) is 5.85. The van der Waals surface area contributed by atoms with Gasteiger partial charge in [0.2, 0.25) is 0 Å². The third kappa shape index (κ3) is 4.40. The zero-order valence-corrected chi connectivity index (χ0v) is 21.4. The van der Waals surface area contributed by atoms with Crippen molar-refractivity contribution in [2.45, 2.75) is 62.6 Å². The number of rotatable bonds is 8. The van der Waals surface area contributed by atoms with Gasteiger partial charge in [-0.25, -0.2) is 0 Å². The summed E-state index contributed by atoms with van der Waals surface area (Å²) in [5.41, 5.74) is 3.71. The number of aliphatic carboxylic acids is 1. The first-order chi connectivity index (χ1) is 17.5. The number of anilines is 1. The number of carboxylic acid groups (broad SMARTS) is 1. The molecule has 1 aliphatic heterocycles. The van der Waals surface area contributed by atoms with Gasteiger partial charge in [0.1, 0.15) is 11.5 Å². The first kappa shape index (κ1) is 23.8. The van der Waals surface area contributed by atoms with Crippen molar-refractivity contribution in [2.24, 2.45) is 0 Å². The molecule has 0 atom stereocenters. The molecule has 0 radical (unpaired) electrons. The van der Waals surface area contributed by atoms with Gasteiger partial charge in [0, 0.05) is 35.8 Å². The van der Waals surface area contributed by atoms with E-state index in [1.54, 1.807) is 0 Å². The molecule has 1 saturated heterocycles. The Bertz CT molecular complexity index is 1250. The van der Waals surface area contributed by atoms with Gasteiger partial charge in [-0.1, -0.05) is 46.6 Å². The molecule has 1 aromatic heterocycles. The Kier molecular flexibility index (Phi) is 6.22. The second kappa shape index (κ2) is 9.40. The number of hydrogen-bond acceptors (Lipinski definition) is 5. The molecule has 6 rings (SSSR count). The minimum Gasteiger partial charge on any atom is -0.481 e. The molecule has 3 aromatic rings. The predicted molar refractivity (Wildman–Crippen MR) is 139 cm³/mol. The standard InChI is InChI=1S/C28H28Cl2N2O4/c29-22-2-1-3-23(30)24(22)25-21(26(36-31-25)17-4-5-17)16-35-20-10-14-32(15-11-20)19-8-6-18(7-9-19)28(12-13-28)27(33)34/h1-3,6-9,17,20H,4-5,10-16H2,(H,33,34). The predicted octanol–water partition coefficient (Wildman–Crippen LogP) is 6.83. The molecule has 2 aliphatic carbocycles. The lowest BCUT2D eigenvalue weighted by atomic mass is 9.95. The van der Waals surface area contributed by atoms with E-state index in [1.165, 1.54) is 0 Å². The summed E-state index contributed by atoms with van der Waals surface area (Å²) in [5, 5.41) is 15.0. The van der Waals surface area contributed by atoms with Crippen molar-refractivity contribution >= 4 is 34.9 Å². The van der Waals surface area contributed by atoms with E-state index in [9.17, 15) is 9.90 Å². The number of aromatic nitrogens is 1. The van der Waals surface area contributed by atoms with Crippen molar-refractivity contribution in [1.29, 1.82) is 0 Å². The van der Waals surface area contributed by atoms with E-state index >= 15 is 0 Å². The van der Waals surface area contributed by atoms with Gasteiger partial charge < -0.3 is 19.3 Å². The summed E-state index contributed by atoms with van der Waals surface area (Å²) in [6, 6.07) is 13.5. The zero-order valence-electron chi connectivity index (χ0n) is 19.9. The number of benzene rings is 2. The summed E-state index contributed by atoms with van der Waals surface area (Å²) < 4.78 is 12.2. The summed E-state index contributed by atoms with van der Waals surface area (Å²) in [7, 11) is 0. The number of piperidine rings is 1. The smallest absolute Gasteiger partial charge is 0.314 e. The highest BCUT2D eigenvalue weighted by molar-refractivity contribution is 6.39. The van der Waals surface area contributed by atoms with Gasteiger partial charge in [0.15, 0.2) is 0 Å². The second-order valence-corrected chi connectivity index (χ2v) is 11.0. The molecular formula is C28H28Cl2N2O4. The van der Waals surface area contributed by atoms with E-state index in [0.29, 0.717) is 33.8 Å². The lowest BCUT2D eigenvalue weighted by molar-refractivity contribution is -0.140. The van der Waals surface area contributed by atoms with Crippen molar-refractivity contribution in [3.63, 3.8) is 0 Å². The van der Waals surface area contributed by atoms with Gasteiger partial charge in [0.25, 0.3) is 0 Å². The van der Waals surface area contributed by atoms with Gasteiger partial charge in [-0.05, 0) is 68.4 Å². The summed E-state index contributed by atoms with van der Waals surface area (Å²) in [6.45, 7) is 2.19.